The van der Waals surface area contributed by atoms with Crippen LogP contribution in [-0.2, 0) is 4.79 Å². The number of aliphatic carboxylic acids is 1. The zero-order valence-corrected chi connectivity index (χ0v) is 21.3. The minimum atomic E-state index is -1.50. The highest BCUT2D eigenvalue weighted by Gasteiger charge is 2.32. The van der Waals surface area contributed by atoms with Crippen molar-refractivity contribution in [2.45, 2.75) is 36.1 Å². The minimum absolute atomic E-state index is 0.00622. The van der Waals surface area contributed by atoms with Crippen molar-refractivity contribution in [3.05, 3.63) is 53.3 Å². The van der Waals surface area contributed by atoms with Gasteiger partial charge in [-0.1, -0.05) is 6.07 Å². The summed E-state index contributed by atoms with van der Waals surface area (Å²) in [5.74, 6) is 0.0263. The smallest absolute Gasteiger partial charge is 0.303 e. The number of hydrogen-bond acceptors (Lipinski definition) is 6. The van der Waals surface area contributed by atoms with E-state index in [0.717, 1.165) is 31.5 Å². The number of benzene rings is 1. The van der Waals surface area contributed by atoms with Crippen LogP contribution in [0.4, 0.5) is 8.78 Å². The molecule has 1 aromatic carbocycles. The maximum atomic E-state index is 15.4. The van der Waals surface area contributed by atoms with Crippen molar-refractivity contribution >= 4 is 40.0 Å². The van der Waals surface area contributed by atoms with Gasteiger partial charge in [-0.15, -0.1) is 23.1 Å². The monoisotopic (exact) mass is 520 g/mol. The molecule has 0 bridgehead atoms. The van der Waals surface area contributed by atoms with E-state index in [1.807, 2.05) is 17.8 Å². The molecule has 4 rings (SSSR count). The van der Waals surface area contributed by atoms with Gasteiger partial charge in [0.25, 0.3) is 0 Å². The Morgan fingerprint density at radius 2 is 2.23 bits per heavy atom. The molecule has 0 aliphatic carbocycles. The third-order valence-corrected chi connectivity index (χ3v) is 8.84. The lowest BCUT2D eigenvalue weighted by atomic mass is 9.79. The van der Waals surface area contributed by atoms with Gasteiger partial charge in [0.1, 0.15) is 17.7 Å². The van der Waals surface area contributed by atoms with Gasteiger partial charge in [0, 0.05) is 36.2 Å². The number of rotatable bonds is 11. The van der Waals surface area contributed by atoms with Gasteiger partial charge in [-0.25, -0.2) is 8.78 Å². The van der Waals surface area contributed by atoms with Gasteiger partial charge in [0.05, 0.1) is 23.0 Å². The number of carboxylic acid groups (broad SMARTS) is 1. The summed E-state index contributed by atoms with van der Waals surface area (Å²) < 4.78 is 36.6. The van der Waals surface area contributed by atoms with Crippen LogP contribution in [0.15, 0.2) is 46.1 Å². The number of ether oxygens (including phenoxy) is 1. The first-order valence-corrected chi connectivity index (χ1v) is 13.7. The summed E-state index contributed by atoms with van der Waals surface area (Å²) in [6.07, 6.45) is 1.11. The van der Waals surface area contributed by atoms with E-state index in [9.17, 15) is 14.3 Å². The molecule has 1 saturated heterocycles. The predicted octanol–water partition coefficient (Wildman–Crippen LogP) is 6.44. The van der Waals surface area contributed by atoms with Gasteiger partial charge in [-0.05, 0) is 67.3 Å². The second kappa shape index (κ2) is 12.1. The standard InChI is InChI=1S/C26H30F2N2O3S2/c1-33-19-5-7-23-20(14-19)26(22(28)15-29-23)21(27)6-4-17-8-9-30(16-18(17)13-24(31)32)10-12-35-25-3-2-11-34-25/h2-3,5,7,11,14-15,17-18,21H,4,6,8-10,12-13,16H2,1H3,(H,31,32)/t17-,18+,21+/m1/s1. The number of thiophene rings is 1. The predicted molar refractivity (Wildman–Crippen MR) is 137 cm³/mol. The first-order chi connectivity index (χ1) is 16.9. The van der Waals surface area contributed by atoms with Crippen LogP contribution in [0.3, 0.4) is 0 Å². The Morgan fingerprint density at radius 3 is 2.97 bits per heavy atom. The summed E-state index contributed by atoms with van der Waals surface area (Å²) in [6.45, 7) is 2.46. The van der Waals surface area contributed by atoms with E-state index in [2.05, 4.69) is 21.3 Å². The van der Waals surface area contributed by atoms with Gasteiger partial charge < -0.3 is 14.7 Å². The Kier molecular flexibility index (Phi) is 8.97. The molecule has 9 heteroatoms. The molecule has 3 aromatic rings. The van der Waals surface area contributed by atoms with Crippen LogP contribution < -0.4 is 4.74 Å². The molecule has 1 N–H and O–H groups in total. The lowest BCUT2D eigenvalue weighted by Gasteiger charge is -2.38. The molecule has 1 aliphatic rings. The van der Waals surface area contributed by atoms with Gasteiger partial charge in [-0.2, -0.15) is 0 Å². The third-order valence-electron chi connectivity index (χ3n) is 6.73. The summed E-state index contributed by atoms with van der Waals surface area (Å²) in [5, 5.41) is 11.9. The number of hydrogen-bond donors (Lipinski definition) is 1. The minimum Gasteiger partial charge on any atom is -0.497 e. The van der Waals surface area contributed by atoms with Gasteiger partial charge in [0.2, 0.25) is 0 Å². The molecule has 0 saturated carbocycles. The van der Waals surface area contributed by atoms with E-state index >= 15 is 4.39 Å². The maximum Gasteiger partial charge on any atom is 0.303 e. The number of nitrogens with zero attached hydrogens (tertiary/aromatic N) is 2. The Labute approximate surface area is 212 Å². The lowest BCUT2D eigenvalue weighted by Crippen LogP contribution is -2.42. The summed E-state index contributed by atoms with van der Waals surface area (Å²) in [5.41, 5.74) is 0.522. The zero-order valence-electron chi connectivity index (χ0n) is 19.7. The number of carbonyl (C=O) groups is 1. The van der Waals surface area contributed by atoms with Crippen LogP contribution in [-0.4, -0.2) is 53.5 Å². The molecule has 1 fully saturated rings. The molecule has 0 unspecified atom stereocenters. The van der Waals surface area contributed by atoms with Gasteiger partial charge in [-0.3, -0.25) is 9.78 Å². The van der Waals surface area contributed by atoms with E-state index in [0.29, 0.717) is 29.6 Å². The summed E-state index contributed by atoms with van der Waals surface area (Å²) in [6, 6.07) is 9.17. The molecule has 0 spiro atoms. The third kappa shape index (κ3) is 6.71. The Bertz CT molecular complexity index is 1130. The number of alkyl halides is 1. The highest BCUT2D eigenvalue weighted by atomic mass is 32.2. The summed E-state index contributed by atoms with van der Waals surface area (Å²) in [4.78, 5) is 17.9. The van der Waals surface area contributed by atoms with E-state index < -0.39 is 18.0 Å². The molecule has 0 radical (unpaired) electrons. The van der Waals surface area contributed by atoms with Gasteiger partial charge in [0.15, 0.2) is 0 Å². The fourth-order valence-electron chi connectivity index (χ4n) is 4.93. The molecule has 35 heavy (non-hydrogen) atoms. The fraction of sp³-hybridized carbons (Fsp3) is 0.462. The molecule has 188 valence electrons. The van der Waals surface area contributed by atoms with Crippen LogP contribution in [0.1, 0.15) is 37.4 Å². The quantitative estimate of drug-likeness (QED) is 0.294. The van der Waals surface area contributed by atoms with Crippen molar-refractivity contribution in [2.75, 3.05) is 32.5 Å². The van der Waals surface area contributed by atoms with Crippen LogP contribution >= 0.6 is 23.1 Å². The number of methoxy groups -OCH3 is 1. The van der Waals surface area contributed by atoms with Crippen molar-refractivity contribution in [1.29, 1.82) is 0 Å². The SMILES string of the molecule is COc1ccc2ncc(F)c([C@@H](F)CC[C@@H]3CCN(CCSc4cccs4)C[C@@H]3CC(=O)O)c2c1. The van der Waals surface area contributed by atoms with Gasteiger partial charge >= 0.3 is 5.97 Å². The summed E-state index contributed by atoms with van der Waals surface area (Å²) >= 11 is 3.54. The van der Waals surface area contributed by atoms with E-state index in [1.54, 1.807) is 29.5 Å². The van der Waals surface area contributed by atoms with Crippen LogP contribution in [0.5, 0.6) is 5.75 Å². The number of piperidine rings is 1. The number of carboxylic acids is 1. The molecular weight excluding hydrogens is 490 g/mol. The lowest BCUT2D eigenvalue weighted by molar-refractivity contribution is -0.139. The maximum absolute atomic E-state index is 15.4. The number of fused-ring (bicyclic) bond motifs is 1. The second-order valence-corrected chi connectivity index (χ2v) is 11.3. The normalized spacial score (nSPS) is 19.6. The summed E-state index contributed by atoms with van der Waals surface area (Å²) in [7, 11) is 1.51. The van der Waals surface area contributed by atoms with E-state index in [4.69, 9.17) is 4.74 Å². The highest BCUT2D eigenvalue weighted by Crippen LogP contribution is 2.37. The number of halogens is 2. The van der Waals surface area contributed by atoms with E-state index in [1.165, 1.54) is 11.3 Å². The second-order valence-electron chi connectivity index (χ2n) is 8.94. The Hall–Kier alpha value is -2.23. The van der Waals surface area contributed by atoms with Crippen molar-refractivity contribution in [2.24, 2.45) is 11.8 Å². The van der Waals surface area contributed by atoms with Crippen molar-refractivity contribution < 1.29 is 23.4 Å². The van der Waals surface area contributed by atoms with Crippen molar-refractivity contribution in [3.8, 4) is 5.75 Å². The van der Waals surface area contributed by atoms with Crippen molar-refractivity contribution in [3.63, 3.8) is 0 Å². The molecule has 1 aliphatic heterocycles. The fourth-order valence-corrected chi connectivity index (χ4v) is 6.80. The molecule has 2 aromatic heterocycles. The van der Waals surface area contributed by atoms with E-state index in [-0.39, 0.29) is 30.2 Å². The first-order valence-electron chi connectivity index (χ1n) is 11.8. The molecule has 5 nitrogen and oxygen atoms in total. The zero-order chi connectivity index (χ0) is 24.8. The van der Waals surface area contributed by atoms with Crippen LogP contribution in [0.25, 0.3) is 10.9 Å². The number of thioether (sulfide) groups is 1. The number of pyridine rings is 1. The molecule has 3 atom stereocenters. The highest BCUT2D eigenvalue weighted by molar-refractivity contribution is 8.01. The number of likely N-dealkylation sites (tertiary alicyclic amines) is 1. The largest absolute Gasteiger partial charge is 0.497 e. The molecular formula is C26H30F2N2O3S2. The average molecular weight is 521 g/mol. The Balaban J connectivity index is 1.39. The first kappa shape index (κ1) is 25.9. The Morgan fingerprint density at radius 1 is 1.37 bits per heavy atom. The number of aromatic nitrogens is 1. The van der Waals surface area contributed by atoms with Crippen LogP contribution in [0.2, 0.25) is 0 Å². The van der Waals surface area contributed by atoms with Crippen molar-refractivity contribution in [1.82, 2.24) is 9.88 Å². The topological polar surface area (TPSA) is 62.7 Å². The molecule has 3 heterocycles. The average Bonchev–Trinajstić information content (AvgIpc) is 3.36. The molecule has 0 amide bonds. The van der Waals surface area contributed by atoms with Crippen LogP contribution in [0, 0.1) is 17.7 Å².